The zero-order valence-electron chi connectivity index (χ0n) is 14.4. The van der Waals surface area contributed by atoms with Gasteiger partial charge in [-0.3, -0.25) is 9.69 Å². The first-order chi connectivity index (χ1) is 11.6. The Hall–Kier alpha value is -2.12. The summed E-state index contributed by atoms with van der Waals surface area (Å²) in [5.41, 5.74) is 1.43. The van der Waals surface area contributed by atoms with Gasteiger partial charge in [0.25, 0.3) is 0 Å². The van der Waals surface area contributed by atoms with Crippen molar-refractivity contribution in [2.45, 2.75) is 13.3 Å². The zero-order valence-corrected chi connectivity index (χ0v) is 14.4. The molecule has 0 radical (unpaired) electrons. The van der Waals surface area contributed by atoms with E-state index in [1.54, 1.807) is 31.4 Å². The molecule has 24 heavy (non-hydrogen) atoms. The maximum atomic E-state index is 12.3. The van der Waals surface area contributed by atoms with Gasteiger partial charge in [0.1, 0.15) is 0 Å². The van der Waals surface area contributed by atoms with Crippen LogP contribution < -0.4 is 10.6 Å². The molecule has 1 heterocycles. The van der Waals surface area contributed by atoms with E-state index in [4.69, 9.17) is 4.74 Å². The first kappa shape index (κ1) is 18.2. The van der Waals surface area contributed by atoms with Crippen LogP contribution in [0.15, 0.2) is 24.3 Å². The quantitative estimate of drug-likeness (QED) is 0.779. The monoisotopic (exact) mass is 334 g/mol. The number of piperazine rings is 1. The van der Waals surface area contributed by atoms with Crippen LogP contribution in [0.1, 0.15) is 13.3 Å². The van der Waals surface area contributed by atoms with Gasteiger partial charge in [0.05, 0.1) is 0 Å². The fourth-order valence-electron chi connectivity index (χ4n) is 2.65. The third-order valence-corrected chi connectivity index (χ3v) is 3.94. The Morgan fingerprint density at radius 1 is 1.04 bits per heavy atom. The van der Waals surface area contributed by atoms with Crippen LogP contribution in [0.3, 0.4) is 0 Å². The van der Waals surface area contributed by atoms with Crippen LogP contribution in [0.2, 0.25) is 0 Å². The van der Waals surface area contributed by atoms with Gasteiger partial charge in [0.2, 0.25) is 5.91 Å². The number of amides is 3. The Morgan fingerprint density at radius 2 is 1.62 bits per heavy atom. The Bertz CT molecular complexity index is 539. The summed E-state index contributed by atoms with van der Waals surface area (Å²) in [6, 6.07) is 7.02. The zero-order chi connectivity index (χ0) is 17.4. The number of methoxy groups -OCH3 is 1. The van der Waals surface area contributed by atoms with Gasteiger partial charge in [-0.2, -0.15) is 0 Å². The molecular weight excluding hydrogens is 308 g/mol. The number of anilines is 2. The van der Waals surface area contributed by atoms with Crippen molar-refractivity contribution in [2.24, 2.45) is 0 Å². The van der Waals surface area contributed by atoms with Crippen LogP contribution in [0, 0.1) is 0 Å². The molecule has 1 saturated heterocycles. The normalized spacial score (nSPS) is 15.2. The molecule has 0 bridgehead atoms. The second kappa shape index (κ2) is 9.24. The molecular formula is C17H26N4O3. The highest BCUT2D eigenvalue weighted by atomic mass is 16.5. The van der Waals surface area contributed by atoms with E-state index in [1.807, 2.05) is 4.90 Å². The lowest BCUT2D eigenvalue weighted by Gasteiger charge is -2.34. The number of carbonyl (C=O) groups is 2. The maximum absolute atomic E-state index is 12.3. The molecule has 0 atom stereocenters. The maximum Gasteiger partial charge on any atom is 0.321 e. The molecule has 2 rings (SSSR count). The Balaban J connectivity index is 1.76. The first-order valence-electron chi connectivity index (χ1n) is 8.23. The fourth-order valence-corrected chi connectivity index (χ4v) is 2.65. The standard InChI is InChI=1S/C17H26N4O3/c1-14(22)18-15-4-6-16(7-5-15)19-17(23)21-11-9-20(10-12-21)8-3-13-24-2/h4-7H,3,8-13H2,1-2H3,(H,18,22)(H,19,23). The van der Waals surface area contributed by atoms with Crippen molar-refractivity contribution < 1.29 is 14.3 Å². The molecule has 7 heteroatoms. The summed E-state index contributed by atoms with van der Waals surface area (Å²) in [5, 5.41) is 5.59. The molecule has 0 aromatic heterocycles. The Kier molecular flexibility index (Phi) is 7.02. The molecule has 1 fully saturated rings. The largest absolute Gasteiger partial charge is 0.385 e. The number of nitrogens with one attached hydrogen (secondary N) is 2. The SMILES string of the molecule is COCCCN1CCN(C(=O)Nc2ccc(NC(C)=O)cc2)CC1. The number of hydrogen-bond acceptors (Lipinski definition) is 4. The van der Waals surface area contributed by atoms with E-state index in [0.29, 0.717) is 5.69 Å². The van der Waals surface area contributed by atoms with E-state index in [-0.39, 0.29) is 11.9 Å². The third-order valence-electron chi connectivity index (χ3n) is 3.94. The summed E-state index contributed by atoms with van der Waals surface area (Å²) < 4.78 is 5.06. The average Bonchev–Trinajstić information content (AvgIpc) is 2.57. The Labute approximate surface area is 142 Å². The van der Waals surface area contributed by atoms with Gasteiger partial charge in [-0.15, -0.1) is 0 Å². The number of rotatable bonds is 6. The lowest BCUT2D eigenvalue weighted by atomic mass is 10.2. The summed E-state index contributed by atoms with van der Waals surface area (Å²) in [6.45, 7) is 6.47. The van der Waals surface area contributed by atoms with E-state index < -0.39 is 0 Å². The number of nitrogens with zero attached hydrogens (tertiary/aromatic N) is 2. The molecule has 0 unspecified atom stereocenters. The summed E-state index contributed by atoms with van der Waals surface area (Å²) in [4.78, 5) is 27.5. The first-order valence-corrected chi connectivity index (χ1v) is 8.23. The van der Waals surface area contributed by atoms with E-state index in [9.17, 15) is 9.59 Å². The van der Waals surface area contributed by atoms with Crippen molar-refractivity contribution in [3.8, 4) is 0 Å². The van der Waals surface area contributed by atoms with Gasteiger partial charge in [0.15, 0.2) is 0 Å². The summed E-state index contributed by atoms with van der Waals surface area (Å²) in [7, 11) is 1.71. The van der Waals surface area contributed by atoms with Crippen LogP contribution >= 0.6 is 0 Å². The van der Waals surface area contributed by atoms with Gasteiger partial charge in [-0.05, 0) is 30.7 Å². The molecule has 132 valence electrons. The van der Waals surface area contributed by atoms with E-state index in [2.05, 4.69) is 15.5 Å². The highest BCUT2D eigenvalue weighted by Gasteiger charge is 2.20. The van der Waals surface area contributed by atoms with Crippen LogP contribution in [0.25, 0.3) is 0 Å². The van der Waals surface area contributed by atoms with Crippen molar-refractivity contribution >= 4 is 23.3 Å². The molecule has 0 aliphatic carbocycles. The van der Waals surface area contributed by atoms with E-state index in [0.717, 1.165) is 51.4 Å². The number of hydrogen-bond donors (Lipinski definition) is 2. The molecule has 3 amide bonds. The minimum Gasteiger partial charge on any atom is -0.385 e. The lowest BCUT2D eigenvalue weighted by molar-refractivity contribution is -0.114. The smallest absolute Gasteiger partial charge is 0.321 e. The number of benzene rings is 1. The van der Waals surface area contributed by atoms with Crippen LogP contribution in [-0.2, 0) is 9.53 Å². The second-order valence-corrected chi connectivity index (χ2v) is 5.86. The van der Waals surface area contributed by atoms with E-state index in [1.165, 1.54) is 6.92 Å². The van der Waals surface area contributed by atoms with Gasteiger partial charge in [-0.25, -0.2) is 4.79 Å². The summed E-state index contributed by atoms with van der Waals surface area (Å²) in [5.74, 6) is -0.116. The molecule has 1 aromatic rings. The van der Waals surface area contributed by atoms with Crippen molar-refractivity contribution in [2.75, 3.05) is 57.1 Å². The minimum atomic E-state index is -0.116. The number of carbonyl (C=O) groups excluding carboxylic acids is 2. The Morgan fingerprint density at radius 3 is 2.17 bits per heavy atom. The third kappa shape index (κ3) is 5.82. The minimum absolute atomic E-state index is 0.0844. The fraction of sp³-hybridized carbons (Fsp3) is 0.529. The van der Waals surface area contributed by atoms with Gasteiger partial charge >= 0.3 is 6.03 Å². The molecule has 1 aromatic carbocycles. The van der Waals surface area contributed by atoms with Gasteiger partial charge in [-0.1, -0.05) is 0 Å². The van der Waals surface area contributed by atoms with Crippen molar-refractivity contribution in [1.82, 2.24) is 9.80 Å². The summed E-state index contributed by atoms with van der Waals surface area (Å²) >= 11 is 0. The van der Waals surface area contributed by atoms with Crippen LogP contribution in [-0.4, -0.2) is 68.2 Å². The molecule has 7 nitrogen and oxygen atoms in total. The average molecular weight is 334 g/mol. The summed E-state index contributed by atoms with van der Waals surface area (Å²) in [6.07, 6.45) is 1.02. The topological polar surface area (TPSA) is 73.9 Å². The van der Waals surface area contributed by atoms with Crippen LogP contribution in [0.4, 0.5) is 16.2 Å². The van der Waals surface area contributed by atoms with Gasteiger partial charge < -0.3 is 20.3 Å². The highest BCUT2D eigenvalue weighted by molar-refractivity contribution is 5.91. The molecule has 2 N–H and O–H groups in total. The molecule has 1 aliphatic rings. The molecule has 1 aliphatic heterocycles. The second-order valence-electron chi connectivity index (χ2n) is 5.86. The van der Waals surface area contributed by atoms with Crippen molar-refractivity contribution in [3.05, 3.63) is 24.3 Å². The van der Waals surface area contributed by atoms with Crippen molar-refractivity contribution in [3.63, 3.8) is 0 Å². The number of urea groups is 1. The highest BCUT2D eigenvalue weighted by Crippen LogP contribution is 2.14. The van der Waals surface area contributed by atoms with Crippen LogP contribution in [0.5, 0.6) is 0 Å². The predicted molar refractivity (Wildman–Crippen MR) is 94.3 cm³/mol. The number of ether oxygens (including phenoxy) is 1. The molecule has 0 saturated carbocycles. The lowest BCUT2D eigenvalue weighted by Crippen LogP contribution is -2.50. The molecule has 0 spiro atoms. The predicted octanol–water partition coefficient (Wildman–Crippen LogP) is 1.83. The van der Waals surface area contributed by atoms with E-state index >= 15 is 0 Å². The van der Waals surface area contributed by atoms with Crippen molar-refractivity contribution in [1.29, 1.82) is 0 Å². The van der Waals surface area contributed by atoms with Gasteiger partial charge in [0, 0.05) is 64.7 Å².